The minimum Gasteiger partial charge on any atom is -0.304 e. The van der Waals surface area contributed by atoms with Gasteiger partial charge in [-0.2, -0.15) is 0 Å². The predicted molar refractivity (Wildman–Crippen MR) is 99.4 cm³/mol. The van der Waals surface area contributed by atoms with Gasteiger partial charge in [-0.3, -0.25) is 4.79 Å². The van der Waals surface area contributed by atoms with Gasteiger partial charge in [-0.25, -0.2) is 0 Å². The first-order valence-corrected chi connectivity index (χ1v) is 9.67. The molecule has 0 aromatic heterocycles. The number of halogens is 1. The molecule has 0 amide bonds. The SMILES string of the molecule is CCN1CCC2(CC1)C(=O)c1cc(Cl)ccc1Sc1ccccc12. The Hall–Kier alpha value is -1.29. The molecule has 2 aromatic carbocycles. The van der Waals surface area contributed by atoms with Gasteiger partial charge in [0.2, 0.25) is 0 Å². The van der Waals surface area contributed by atoms with Gasteiger partial charge < -0.3 is 4.90 Å². The van der Waals surface area contributed by atoms with Crippen LogP contribution in [0.1, 0.15) is 35.7 Å². The molecule has 2 nitrogen and oxygen atoms in total. The number of hydrogen-bond acceptors (Lipinski definition) is 3. The van der Waals surface area contributed by atoms with E-state index < -0.39 is 5.41 Å². The zero-order valence-corrected chi connectivity index (χ0v) is 15.3. The van der Waals surface area contributed by atoms with Crippen LogP contribution < -0.4 is 0 Å². The Morgan fingerprint density at radius 1 is 1.12 bits per heavy atom. The van der Waals surface area contributed by atoms with E-state index in [0.717, 1.165) is 42.9 Å². The van der Waals surface area contributed by atoms with Crippen LogP contribution in [0.3, 0.4) is 0 Å². The Morgan fingerprint density at radius 2 is 1.88 bits per heavy atom. The lowest BCUT2D eigenvalue weighted by atomic mass is 9.68. The Morgan fingerprint density at radius 3 is 2.62 bits per heavy atom. The van der Waals surface area contributed by atoms with Gasteiger partial charge in [-0.1, -0.05) is 48.5 Å². The Labute approximate surface area is 152 Å². The third-order valence-electron chi connectivity index (χ3n) is 5.40. The van der Waals surface area contributed by atoms with Crippen molar-refractivity contribution in [2.24, 2.45) is 0 Å². The lowest BCUT2D eigenvalue weighted by Gasteiger charge is -2.41. The van der Waals surface area contributed by atoms with Crippen LogP contribution in [0.25, 0.3) is 0 Å². The molecular weight excluding hydrogens is 338 g/mol. The van der Waals surface area contributed by atoms with Crippen LogP contribution >= 0.6 is 23.4 Å². The lowest BCUT2D eigenvalue weighted by molar-refractivity contribution is 0.0770. The van der Waals surface area contributed by atoms with Gasteiger partial charge in [0.25, 0.3) is 0 Å². The highest BCUT2D eigenvalue weighted by atomic mass is 35.5. The van der Waals surface area contributed by atoms with Crippen molar-refractivity contribution < 1.29 is 4.79 Å². The zero-order chi connectivity index (χ0) is 16.7. The van der Waals surface area contributed by atoms with Crippen molar-refractivity contribution in [3.05, 3.63) is 58.6 Å². The summed E-state index contributed by atoms with van der Waals surface area (Å²) in [6, 6.07) is 14.1. The van der Waals surface area contributed by atoms with Crippen molar-refractivity contribution in [2.45, 2.75) is 35.0 Å². The van der Waals surface area contributed by atoms with Gasteiger partial charge in [0.15, 0.2) is 5.78 Å². The summed E-state index contributed by atoms with van der Waals surface area (Å²) in [6.45, 7) is 5.17. The molecule has 4 rings (SSSR count). The maximum absolute atomic E-state index is 13.6. The van der Waals surface area contributed by atoms with E-state index in [2.05, 4.69) is 36.1 Å². The topological polar surface area (TPSA) is 20.3 Å². The highest BCUT2D eigenvalue weighted by Gasteiger charge is 2.46. The average Bonchev–Trinajstić information content (AvgIpc) is 2.71. The molecule has 2 aliphatic heterocycles. The van der Waals surface area contributed by atoms with Gasteiger partial charge in [0.05, 0.1) is 5.41 Å². The third kappa shape index (κ3) is 2.50. The molecule has 0 aliphatic carbocycles. The smallest absolute Gasteiger partial charge is 0.174 e. The fourth-order valence-electron chi connectivity index (χ4n) is 3.97. The number of ketones is 1. The summed E-state index contributed by atoms with van der Waals surface area (Å²) in [5, 5.41) is 0.634. The molecule has 1 spiro atoms. The molecule has 0 bridgehead atoms. The summed E-state index contributed by atoms with van der Waals surface area (Å²) < 4.78 is 0. The van der Waals surface area contributed by atoms with Crippen molar-refractivity contribution in [1.29, 1.82) is 0 Å². The summed E-state index contributed by atoms with van der Waals surface area (Å²) in [6.07, 6.45) is 1.76. The average molecular weight is 358 g/mol. The second-order valence-electron chi connectivity index (χ2n) is 6.58. The maximum Gasteiger partial charge on any atom is 0.174 e. The van der Waals surface area contributed by atoms with E-state index in [-0.39, 0.29) is 5.78 Å². The van der Waals surface area contributed by atoms with E-state index in [1.54, 1.807) is 11.8 Å². The quantitative estimate of drug-likeness (QED) is 0.713. The number of carbonyl (C=O) groups excluding carboxylic acids is 1. The molecule has 2 heterocycles. The highest BCUT2D eigenvalue weighted by molar-refractivity contribution is 7.99. The molecule has 1 saturated heterocycles. The van der Waals surface area contributed by atoms with Crippen molar-refractivity contribution in [3.8, 4) is 0 Å². The lowest BCUT2D eigenvalue weighted by Crippen LogP contribution is -2.47. The first-order valence-electron chi connectivity index (χ1n) is 8.48. The molecule has 0 N–H and O–H groups in total. The molecule has 4 heteroatoms. The van der Waals surface area contributed by atoms with E-state index >= 15 is 0 Å². The monoisotopic (exact) mass is 357 g/mol. The van der Waals surface area contributed by atoms with E-state index in [1.165, 1.54) is 10.5 Å². The van der Waals surface area contributed by atoms with Crippen LogP contribution in [0.4, 0.5) is 0 Å². The van der Waals surface area contributed by atoms with E-state index in [4.69, 9.17) is 11.6 Å². The van der Waals surface area contributed by atoms with Gasteiger partial charge >= 0.3 is 0 Å². The number of piperidine rings is 1. The van der Waals surface area contributed by atoms with Crippen molar-refractivity contribution >= 4 is 29.1 Å². The van der Waals surface area contributed by atoms with Crippen LogP contribution in [0.15, 0.2) is 52.3 Å². The van der Waals surface area contributed by atoms with Gasteiger partial charge in [-0.05, 0) is 62.3 Å². The fourth-order valence-corrected chi connectivity index (χ4v) is 5.29. The Bertz CT molecular complexity index is 796. The van der Waals surface area contributed by atoms with Gasteiger partial charge in [-0.15, -0.1) is 0 Å². The molecule has 124 valence electrons. The Kier molecular flexibility index (Phi) is 4.19. The predicted octanol–water partition coefficient (Wildman–Crippen LogP) is 5.04. The van der Waals surface area contributed by atoms with Crippen LogP contribution in [0.5, 0.6) is 0 Å². The standard InChI is InChI=1S/C20H20ClNOS/c1-2-22-11-9-20(10-12-22)16-5-3-4-6-18(16)24-17-8-7-14(21)13-15(17)19(20)23/h3-8,13H,2,9-12H2,1H3. The molecular formula is C20H20ClNOS. The zero-order valence-electron chi connectivity index (χ0n) is 13.7. The first-order chi connectivity index (χ1) is 11.6. The third-order valence-corrected chi connectivity index (χ3v) is 6.79. The van der Waals surface area contributed by atoms with Crippen LogP contribution in [-0.4, -0.2) is 30.3 Å². The van der Waals surface area contributed by atoms with Crippen LogP contribution in [0, 0.1) is 0 Å². The second-order valence-corrected chi connectivity index (χ2v) is 8.10. The fraction of sp³-hybridized carbons (Fsp3) is 0.350. The minimum absolute atomic E-state index is 0.244. The van der Waals surface area contributed by atoms with Gasteiger partial charge in [0.1, 0.15) is 0 Å². The summed E-state index contributed by atoms with van der Waals surface area (Å²) in [5.74, 6) is 0.244. The number of carbonyl (C=O) groups is 1. The summed E-state index contributed by atoms with van der Waals surface area (Å²) >= 11 is 7.91. The number of benzene rings is 2. The van der Waals surface area contributed by atoms with E-state index in [0.29, 0.717) is 5.02 Å². The highest BCUT2D eigenvalue weighted by Crippen LogP contribution is 2.49. The number of likely N-dealkylation sites (tertiary alicyclic amines) is 1. The molecule has 0 atom stereocenters. The maximum atomic E-state index is 13.6. The Balaban J connectivity index is 1.89. The number of nitrogens with zero attached hydrogens (tertiary/aromatic N) is 1. The van der Waals surface area contributed by atoms with Gasteiger partial charge in [0, 0.05) is 20.4 Å². The molecule has 2 aliphatic rings. The van der Waals surface area contributed by atoms with E-state index in [1.807, 2.05) is 18.2 Å². The molecule has 0 unspecified atom stereocenters. The molecule has 1 fully saturated rings. The normalized spacial score (nSPS) is 19.7. The van der Waals surface area contributed by atoms with Crippen molar-refractivity contribution in [3.63, 3.8) is 0 Å². The van der Waals surface area contributed by atoms with E-state index in [9.17, 15) is 4.79 Å². The second kappa shape index (κ2) is 6.21. The molecule has 2 aromatic rings. The number of fused-ring (bicyclic) bond motifs is 3. The molecule has 0 saturated carbocycles. The first kappa shape index (κ1) is 16.2. The summed E-state index contributed by atoms with van der Waals surface area (Å²) in [4.78, 5) is 18.3. The molecule has 0 radical (unpaired) electrons. The number of hydrogen-bond donors (Lipinski definition) is 0. The summed E-state index contributed by atoms with van der Waals surface area (Å²) in [7, 11) is 0. The number of Topliss-reactive ketones (excluding diaryl/α,β-unsaturated/α-hetero) is 1. The van der Waals surface area contributed by atoms with Crippen molar-refractivity contribution in [2.75, 3.05) is 19.6 Å². The molecule has 24 heavy (non-hydrogen) atoms. The number of rotatable bonds is 1. The summed E-state index contributed by atoms with van der Waals surface area (Å²) in [5.41, 5.74) is 1.57. The van der Waals surface area contributed by atoms with Crippen LogP contribution in [0.2, 0.25) is 5.02 Å². The minimum atomic E-state index is -0.412. The van der Waals surface area contributed by atoms with Crippen LogP contribution in [-0.2, 0) is 5.41 Å². The van der Waals surface area contributed by atoms with Crippen molar-refractivity contribution in [1.82, 2.24) is 4.90 Å². The largest absolute Gasteiger partial charge is 0.304 e.